The van der Waals surface area contributed by atoms with Gasteiger partial charge in [-0.05, 0) is 65.2 Å². The topological polar surface area (TPSA) is 66.8 Å². The molecule has 0 aliphatic carbocycles. The molecule has 0 saturated carbocycles. The third-order valence-electron chi connectivity index (χ3n) is 4.29. The number of hydrogen-bond acceptors (Lipinski definition) is 4. The van der Waals surface area contributed by atoms with Gasteiger partial charge in [-0.2, -0.15) is 0 Å². The van der Waals surface area contributed by atoms with Crippen molar-refractivity contribution in [1.82, 2.24) is 0 Å². The second-order valence-electron chi connectivity index (χ2n) is 6.18. The number of anilines is 1. The van der Waals surface area contributed by atoms with Gasteiger partial charge in [0.25, 0.3) is 0 Å². The van der Waals surface area contributed by atoms with Gasteiger partial charge in [-0.3, -0.25) is 9.59 Å². The van der Waals surface area contributed by atoms with Gasteiger partial charge in [-0.15, -0.1) is 0 Å². The highest BCUT2D eigenvalue weighted by atomic mass is 79.9. The zero-order valence-electron chi connectivity index (χ0n) is 14.9. The molecule has 3 rings (SSSR count). The largest absolute Gasteiger partial charge is 0.503 e. The van der Waals surface area contributed by atoms with Crippen LogP contribution in [0.1, 0.15) is 35.7 Å². The standard InChI is InChI=1S/C21H20BrNO4/c1-2-27-19-12-14(11-17(22)21(19)26)8-9-18(24)15-5-3-6-16(13-15)23-10-4-7-20(23)25/h3,5-6,8-9,11-13,26H,2,4,7,10H2,1H3. The van der Waals surface area contributed by atoms with Gasteiger partial charge >= 0.3 is 0 Å². The van der Waals surface area contributed by atoms with E-state index in [9.17, 15) is 14.7 Å². The maximum Gasteiger partial charge on any atom is 0.227 e. The van der Waals surface area contributed by atoms with E-state index in [2.05, 4.69) is 15.9 Å². The number of phenols is 1. The second kappa shape index (κ2) is 8.39. The smallest absolute Gasteiger partial charge is 0.227 e. The number of ketones is 1. The maximum atomic E-state index is 12.5. The number of benzene rings is 2. The quantitative estimate of drug-likeness (QED) is 0.539. The van der Waals surface area contributed by atoms with Crippen molar-refractivity contribution >= 4 is 39.4 Å². The average molecular weight is 430 g/mol. The molecule has 2 aromatic carbocycles. The third kappa shape index (κ3) is 4.39. The van der Waals surface area contributed by atoms with Crippen LogP contribution in [0, 0.1) is 0 Å². The molecule has 1 amide bonds. The Morgan fingerprint density at radius 1 is 1.33 bits per heavy atom. The lowest BCUT2D eigenvalue weighted by Crippen LogP contribution is -2.23. The van der Waals surface area contributed by atoms with E-state index in [4.69, 9.17) is 4.74 Å². The normalized spacial score (nSPS) is 14.1. The van der Waals surface area contributed by atoms with Crippen LogP contribution in [0.25, 0.3) is 6.08 Å². The first kappa shape index (κ1) is 19.2. The van der Waals surface area contributed by atoms with Crippen LogP contribution in [0.2, 0.25) is 0 Å². The van der Waals surface area contributed by atoms with Crippen molar-refractivity contribution in [2.75, 3.05) is 18.1 Å². The summed E-state index contributed by atoms with van der Waals surface area (Å²) in [7, 11) is 0. The van der Waals surface area contributed by atoms with Crippen molar-refractivity contribution in [1.29, 1.82) is 0 Å². The SMILES string of the molecule is CCOc1cc(C=CC(=O)c2cccc(N3CCCC3=O)c2)cc(Br)c1O. The highest BCUT2D eigenvalue weighted by Gasteiger charge is 2.22. The first-order chi connectivity index (χ1) is 13.0. The lowest BCUT2D eigenvalue weighted by Gasteiger charge is -2.16. The number of phenolic OH excluding ortho intramolecular Hbond substituents is 1. The Morgan fingerprint density at radius 2 is 2.15 bits per heavy atom. The Kier molecular flexibility index (Phi) is 5.96. The van der Waals surface area contributed by atoms with Gasteiger partial charge in [0.15, 0.2) is 17.3 Å². The molecule has 0 spiro atoms. The molecule has 1 aliphatic heterocycles. The van der Waals surface area contributed by atoms with Crippen LogP contribution in [-0.2, 0) is 4.79 Å². The second-order valence-corrected chi connectivity index (χ2v) is 7.03. The maximum absolute atomic E-state index is 12.5. The molecule has 27 heavy (non-hydrogen) atoms. The van der Waals surface area contributed by atoms with Crippen LogP contribution in [0.5, 0.6) is 11.5 Å². The van der Waals surface area contributed by atoms with Crippen LogP contribution < -0.4 is 9.64 Å². The van der Waals surface area contributed by atoms with E-state index in [1.54, 1.807) is 41.3 Å². The zero-order chi connectivity index (χ0) is 19.4. The van der Waals surface area contributed by atoms with Crippen LogP contribution >= 0.6 is 15.9 Å². The molecule has 1 saturated heterocycles. The molecule has 140 valence electrons. The molecule has 0 radical (unpaired) electrons. The van der Waals surface area contributed by atoms with E-state index in [-0.39, 0.29) is 17.4 Å². The third-order valence-corrected chi connectivity index (χ3v) is 4.90. The summed E-state index contributed by atoms with van der Waals surface area (Å²) >= 11 is 3.29. The number of rotatable bonds is 6. The summed E-state index contributed by atoms with van der Waals surface area (Å²) in [5.41, 5.74) is 2.00. The molecule has 5 nitrogen and oxygen atoms in total. The lowest BCUT2D eigenvalue weighted by molar-refractivity contribution is -0.117. The number of carbonyl (C=O) groups is 2. The fourth-order valence-corrected chi connectivity index (χ4v) is 3.43. The summed E-state index contributed by atoms with van der Waals surface area (Å²) in [4.78, 5) is 26.2. The van der Waals surface area contributed by atoms with Crippen molar-refractivity contribution in [3.05, 3.63) is 58.1 Å². The number of aromatic hydroxyl groups is 1. The van der Waals surface area contributed by atoms with Crippen molar-refractivity contribution in [2.24, 2.45) is 0 Å². The van der Waals surface area contributed by atoms with E-state index < -0.39 is 0 Å². The van der Waals surface area contributed by atoms with Crippen molar-refractivity contribution in [2.45, 2.75) is 19.8 Å². The Labute approximate surface area is 166 Å². The fourth-order valence-electron chi connectivity index (χ4n) is 2.97. The Bertz CT molecular complexity index is 907. The van der Waals surface area contributed by atoms with Gasteiger partial charge in [0, 0.05) is 24.2 Å². The summed E-state index contributed by atoms with van der Waals surface area (Å²) < 4.78 is 5.89. The number of carbonyl (C=O) groups excluding carboxylic acids is 2. The van der Waals surface area contributed by atoms with Gasteiger partial charge in [0.2, 0.25) is 5.91 Å². The molecule has 1 N–H and O–H groups in total. The van der Waals surface area contributed by atoms with Crippen LogP contribution in [0.15, 0.2) is 46.9 Å². The minimum atomic E-state index is -0.161. The van der Waals surface area contributed by atoms with E-state index in [1.807, 2.05) is 13.0 Å². The fraction of sp³-hybridized carbons (Fsp3) is 0.238. The number of ether oxygens (including phenoxy) is 1. The Morgan fingerprint density at radius 3 is 2.85 bits per heavy atom. The highest BCUT2D eigenvalue weighted by Crippen LogP contribution is 2.36. The Balaban J connectivity index is 1.80. The van der Waals surface area contributed by atoms with Gasteiger partial charge in [0.1, 0.15) is 0 Å². The summed E-state index contributed by atoms with van der Waals surface area (Å²) in [6.45, 7) is 2.94. The number of halogens is 1. The van der Waals surface area contributed by atoms with Crippen LogP contribution in [0.4, 0.5) is 5.69 Å². The van der Waals surface area contributed by atoms with E-state index in [0.29, 0.717) is 35.4 Å². The first-order valence-electron chi connectivity index (χ1n) is 8.77. The number of hydrogen-bond donors (Lipinski definition) is 1. The monoisotopic (exact) mass is 429 g/mol. The minimum absolute atomic E-state index is 0.0308. The van der Waals surface area contributed by atoms with E-state index in [1.165, 1.54) is 6.08 Å². The molecule has 1 fully saturated rings. The molecule has 1 aliphatic rings. The van der Waals surface area contributed by atoms with Crippen molar-refractivity contribution in [3.63, 3.8) is 0 Å². The summed E-state index contributed by atoms with van der Waals surface area (Å²) in [5, 5.41) is 9.97. The van der Waals surface area contributed by atoms with Gasteiger partial charge < -0.3 is 14.7 Å². The molecular weight excluding hydrogens is 410 g/mol. The zero-order valence-corrected chi connectivity index (χ0v) is 16.5. The molecular formula is C21H20BrNO4. The predicted octanol–water partition coefficient (Wildman–Crippen LogP) is 4.58. The summed E-state index contributed by atoms with van der Waals surface area (Å²) in [6, 6.07) is 10.5. The van der Waals surface area contributed by atoms with Gasteiger partial charge in [-0.1, -0.05) is 18.2 Å². The summed E-state index contributed by atoms with van der Waals surface area (Å²) in [6.07, 6.45) is 4.53. The van der Waals surface area contributed by atoms with Gasteiger partial charge in [0.05, 0.1) is 11.1 Å². The van der Waals surface area contributed by atoms with Crippen molar-refractivity contribution in [3.8, 4) is 11.5 Å². The van der Waals surface area contributed by atoms with Gasteiger partial charge in [-0.25, -0.2) is 0 Å². The Hall–Kier alpha value is -2.60. The van der Waals surface area contributed by atoms with E-state index in [0.717, 1.165) is 17.7 Å². The lowest BCUT2D eigenvalue weighted by atomic mass is 10.1. The highest BCUT2D eigenvalue weighted by molar-refractivity contribution is 9.10. The number of nitrogens with zero attached hydrogens (tertiary/aromatic N) is 1. The molecule has 0 bridgehead atoms. The van der Waals surface area contributed by atoms with Crippen LogP contribution in [-0.4, -0.2) is 29.9 Å². The predicted molar refractivity (Wildman–Crippen MR) is 108 cm³/mol. The molecule has 2 aromatic rings. The number of allylic oxidation sites excluding steroid dienone is 1. The molecule has 0 aromatic heterocycles. The molecule has 0 atom stereocenters. The number of amides is 1. The average Bonchev–Trinajstić information content (AvgIpc) is 3.10. The summed E-state index contributed by atoms with van der Waals surface area (Å²) in [5.74, 6) is 0.315. The minimum Gasteiger partial charge on any atom is -0.503 e. The van der Waals surface area contributed by atoms with E-state index >= 15 is 0 Å². The first-order valence-corrected chi connectivity index (χ1v) is 9.57. The molecule has 0 unspecified atom stereocenters. The van der Waals surface area contributed by atoms with Crippen molar-refractivity contribution < 1.29 is 19.4 Å². The van der Waals surface area contributed by atoms with Crippen LogP contribution in [0.3, 0.4) is 0 Å². The molecule has 6 heteroatoms. The molecule has 1 heterocycles.